The molecule has 0 aromatic heterocycles. The molecule has 0 spiro atoms. The smallest absolute Gasteiger partial charge is 0.244 e. The number of halogens is 1. The van der Waals surface area contributed by atoms with E-state index in [4.69, 9.17) is 0 Å². The average molecular weight is 485 g/mol. The molecule has 0 aliphatic carbocycles. The number of amides is 1. The van der Waals surface area contributed by atoms with Gasteiger partial charge in [-0.3, -0.25) is 4.79 Å². The zero-order chi connectivity index (χ0) is 18.2. The van der Waals surface area contributed by atoms with Crippen LogP contribution < -0.4 is 15.5 Å². The zero-order valence-corrected chi connectivity index (χ0v) is 18.5. The highest BCUT2D eigenvalue weighted by Gasteiger charge is 2.23. The maximum absolute atomic E-state index is 12.3. The van der Waals surface area contributed by atoms with Crippen molar-refractivity contribution < 1.29 is 4.79 Å². The van der Waals surface area contributed by atoms with E-state index in [-0.39, 0.29) is 36.4 Å². The summed E-state index contributed by atoms with van der Waals surface area (Å²) in [5, 5.41) is 6.77. The fourth-order valence-electron chi connectivity index (χ4n) is 3.65. The van der Waals surface area contributed by atoms with E-state index in [1.54, 1.807) is 0 Å². The first kappa shape index (κ1) is 21.8. The molecule has 1 atom stereocenters. The van der Waals surface area contributed by atoms with Crippen molar-refractivity contribution in [2.24, 2.45) is 4.99 Å². The SMILES string of the molecule is CCNC(=NCC(=O)N1CCCCC1)NC1CCN(c2ccccc2)C1.I. The van der Waals surface area contributed by atoms with Gasteiger partial charge in [-0.05, 0) is 44.7 Å². The average Bonchev–Trinajstić information content (AvgIpc) is 3.16. The molecule has 0 radical (unpaired) electrons. The summed E-state index contributed by atoms with van der Waals surface area (Å²) in [5.41, 5.74) is 1.26. The Kier molecular flexibility index (Phi) is 9.17. The molecule has 27 heavy (non-hydrogen) atoms. The number of piperidine rings is 1. The van der Waals surface area contributed by atoms with Gasteiger partial charge < -0.3 is 20.4 Å². The maximum atomic E-state index is 12.3. The lowest BCUT2D eigenvalue weighted by atomic mass is 10.1. The number of carbonyl (C=O) groups excluding carboxylic acids is 1. The fraction of sp³-hybridized carbons (Fsp3) is 0.600. The molecule has 2 N–H and O–H groups in total. The van der Waals surface area contributed by atoms with Gasteiger partial charge in [0.25, 0.3) is 0 Å². The Labute approximate surface area is 179 Å². The molecule has 2 aliphatic rings. The van der Waals surface area contributed by atoms with Crippen molar-refractivity contribution in [1.29, 1.82) is 0 Å². The lowest BCUT2D eigenvalue weighted by Crippen LogP contribution is -2.45. The quantitative estimate of drug-likeness (QED) is 0.382. The van der Waals surface area contributed by atoms with E-state index in [1.165, 1.54) is 12.1 Å². The van der Waals surface area contributed by atoms with Crippen LogP contribution in [-0.2, 0) is 4.79 Å². The van der Waals surface area contributed by atoms with Crippen LogP contribution in [0.2, 0.25) is 0 Å². The Hall–Kier alpha value is -1.51. The molecule has 0 saturated carbocycles. The number of nitrogens with zero attached hydrogens (tertiary/aromatic N) is 3. The Morgan fingerprint density at radius 1 is 1.15 bits per heavy atom. The van der Waals surface area contributed by atoms with Gasteiger partial charge in [0.2, 0.25) is 5.91 Å². The molecule has 2 saturated heterocycles. The number of aliphatic imine (C=N–C) groups is 1. The number of benzene rings is 1. The van der Waals surface area contributed by atoms with Crippen LogP contribution in [0.15, 0.2) is 35.3 Å². The summed E-state index contributed by atoms with van der Waals surface area (Å²) in [6.07, 6.45) is 4.53. The van der Waals surface area contributed by atoms with Crippen molar-refractivity contribution in [1.82, 2.24) is 15.5 Å². The van der Waals surface area contributed by atoms with Crippen molar-refractivity contribution in [3.63, 3.8) is 0 Å². The highest BCUT2D eigenvalue weighted by atomic mass is 127. The van der Waals surface area contributed by atoms with Crippen molar-refractivity contribution in [3.05, 3.63) is 30.3 Å². The summed E-state index contributed by atoms with van der Waals surface area (Å²) >= 11 is 0. The van der Waals surface area contributed by atoms with Gasteiger partial charge in [0.1, 0.15) is 6.54 Å². The molecule has 6 nitrogen and oxygen atoms in total. The monoisotopic (exact) mass is 485 g/mol. The predicted octanol–water partition coefficient (Wildman–Crippen LogP) is 2.45. The first-order valence-corrected chi connectivity index (χ1v) is 9.89. The summed E-state index contributed by atoms with van der Waals surface area (Å²) in [5.74, 6) is 0.886. The summed E-state index contributed by atoms with van der Waals surface area (Å²) < 4.78 is 0. The molecule has 2 heterocycles. The molecular formula is C20H32IN5O. The minimum absolute atomic E-state index is 0. The summed E-state index contributed by atoms with van der Waals surface area (Å²) in [7, 11) is 0. The van der Waals surface area contributed by atoms with E-state index < -0.39 is 0 Å². The Balaban J connectivity index is 0.00000261. The molecule has 7 heteroatoms. The fourth-order valence-corrected chi connectivity index (χ4v) is 3.65. The topological polar surface area (TPSA) is 60.0 Å². The molecular weight excluding hydrogens is 453 g/mol. The van der Waals surface area contributed by atoms with Crippen molar-refractivity contribution in [3.8, 4) is 0 Å². The molecule has 3 rings (SSSR count). The highest BCUT2D eigenvalue weighted by Crippen LogP contribution is 2.19. The van der Waals surface area contributed by atoms with Gasteiger partial charge in [-0.1, -0.05) is 18.2 Å². The van der Waals surface area contributed by atoms with E-state index in [0.29, 0.717) is 6.04 Å². The summed E-state index contributed by atoms with van der Waals surface area (Å²) in [6.45, 7) is 6.82. The minimum Gasteiger partial charge on any atom is -0.369 e. The van der Waals surface area contributed by atoms with Gasteiger partial charge in [0.15, 0.2) is 5.96 Å². The van der Waals surface area contributed by atoms with Crippen LogP contribution in [-0.4, -0.2) is 62.1 Å². The maximum Gasteiger partial charge on any atom is 0.244 e. The normalized spacial score (nSPS) is 20.2. The second-order valence-corrected chi connectivity index (χ2v) is 7.05. The highest BCUT2D eigenvalue weighted by molar-refractivity contribution is 14.0. The first-order valence-electron chi connectivity index (χ1n) is 9.89. The Morgan fingerprint density at radius 3 is 2.59 bits per heavy atom. The number of rotatable bonds is 5. The number of anilines is 1. The number of guanidine groups is 1. The number of hydrogen-bond acceptors (Lipinski definition) is 3. The van der Waals surface area contributed by atoms with Crippen LogP contribution >= 0.6 is 24.0 Å². The third-order valence-electron chi connectivity index (χ3n) is 5.08. The molecule has 2 aliphatic heterocycles. The van der Waals surface area contributed by atoms with Crippen LogP contribution in [0.4, 0.5) is 5.69 Å². The Morgan fingerprint density at radius 2 is 1.89 bits per heavy atom. The molecule has 1 aromatic carbocycles. The van der Waals surface area contributed by atoms with E-state index >= 15 is 0 Å². The number of para-hydroxylation sites is 1. The summed E-state index contributed by atoms with van der Waals surface area (Å²) in [4.78, 5) is 21.2. The predicted molar refractivity (Wildman–Crippen MR) is 122 cm³/mol. The molecule has 2 fully saturated rings. The molecule has 0 bridgehead atoms. The lowest BCUT2D eigenvalue weighted by Gasteiger charge is -2.26. The van der Waals surface area contributed by atoms with E-state index in [9.17, 15) is 4.79 Å². The largest absolute Gasteiger partial charge is 0.369 e. The standard InChI is InChI=1S/C20H31N5O.HI/c1-2-21-20(22-15-19(26)24-12-7-4-8-13-24)23-17-11-14-25(16-17)18-9-5-3-6-10-18;/h3,5-6,9-10,17H,2,4,7-8,11-16H2,1H3,(H2,21,22,23);1H. The van der Waals surface area contributed by atoms with Crippen LogP contribution in [0, 0.1) is 0 Å². The van der Waals surface area contributed by atoms with Crippen molar-refractivity contribution >= 4 is 41.5 Å². The molecule has 1 unspecified atom stereocenters. The van der Waals surface area contributed by atoms with Gasteiger partial charge >= 0.3 is 0 Å². The Bertz CT molecular complexity index is 604. The van der Waals surface area contributed by atoms with Crippen LogP contribution in [0.25, 0.3) is 0 Å². The first-order chi connectivity index (χ1) is 12.8. The molecule has 1 aromatic rings. The van der Waals surface area contributed by atoms with E-state index in [1.807, 2.05) is 11.0 Å². The second kappa shape index (κ2) is 11.4. The molecule has 1 amide bonds. The van der Waals surface area contributed by atoms with Gasteiger partial charge in [-0.2, -0.15) is 0 Å². The number of likely N-dealkylation sites (tertiary alicyclic amines) is 1. The van der Waals surface area contributed by atoms with Gasteiger partial charge in [-0.15, -0.1) is 24.0 Å². The van der Waals surface area contributed by atoms with Gasteiger partial charge in [0, 0.05) is 44.5 Å². The zero-order valence-electron chi connectivity index (χ0n) is 16.2. The van der Waals surface area contributed by atoms with E-state index in [0.717, 1.165) is 57.9 Å². The van der Waals surface area contributed by atoms with Crippen LogP contribution in [0.3, 0.4) is 0 Å². The van der Waals surface area contributed by atoms with Crippen LogP contribution in [0.5, 0.6) is 0 Å². The second-order valence-electron chi connectivity index (χ2n) is 7.05. The third kappa shape index (κ3) is 6.55. The van der Waals surface area contributed by atoms with Crippen molar-refractivity contribution in [2.75, 3.05) is 44.2 Å². The number of hydrogen-bond donors (Lipinski definition) is 2. The van der Waals surface area contributed by atoms with E-state index in [2.05, 4.69) is 51.7 Å². The lowest BCUT2D eigenvalue weighted by molar-refractivity contribution is -0.130. The van der Waals surface area contributed by atoms with Gasteiger partial charge in [-0.25, -0.2) is 4.99 Å². The summed E-state index contributed by atoms with van der Waals surface area (Å²) in [6, 6.07) is 10.8. The molecule has 150 valence electrons. The van der Waals surface area contributed by atoms with Crippen LogP contribution in [0.1, 0.15) is 32.6 Å². The van der Waals surface area contributed by atoms with Crippen molar-refractivity contribution in [2.45, 2.75) is 38.6 Å². The minimum atomic E-state index is 0. The number of nitrogens with one attached hydrogen (secondary N) is 2. The number of carbonyl (C=O) groups is 1. The van der Waals surface area contributed by atoms with Gasteiger partial charge in [0.05, 0.1) is 0 Å². The third-order valence-corrected chi connectivity index (χ3v) is 5.08.